The molecule has 1 aromatic carbocycles. The number of ether oxygens (including phenoxy) is 3. The molecular formula is C20H30ClNO5S. The highest BCUT2D eigenvalue weighted by Gasteiger charge is 2.43. The zero-order chi connectivity index (χ0) is 20.2. The minimum Gasteiger partial charge on any atom is -0.376 e. The van der Waals surface area contributed by atoms with Crippen LogP contribution in [0.4, 0.5) is 0 Å². The number of halogens is 1. The molecule has 1 unspecified atom stereocenters. The first-order valence-corrected chi connectivity index (χ1v) is 11.8. The van der Waals surface area contributed by atoms with E-state index >= 15 is 0 Å². The second-order valence-corrected chi connectivity index (χ2v) is 10.1. The molecule has 8 heteroatoms. The van der Waals surface area contributed by atoms with Gasteiger partial charge in [0.2, 0.25) is 10.0 Å². The summed E-state index contributed by atoms with van der Waals surface area (Å²) in [5.74, 6) is 0. The van der Waals surface area contributed by atoms with Crippen molar-refractivity contribution in [3.63, 3.8) is 0 Å². The van der Waals surface area contributed by atoms with Crippen LogP contribution < -0.4 is 0 Å². The van der Waals surface area contributed by atoms with Crippen LogP contribution in [0.1, 0.15) is 39.5 Å². The van der Waals surface area contributed by atoms with E-state index in [1.165, 1.54) is 4.31 Å². The Morgan fingerprint density at radius 3 is 2.64 bits per heavy atom. The molecule has 0 bridgehead atoms. The minimum absolute atomic E-state index is 0.135. The molecule has 2 heterocycles. The van der Waals surface area contributed by atoms with Crippen molar-refractivity contribution in [2.24, 2.45) is 0 Å². The van der Waals surface area contributed by atoms with Crippen LogP contribution in [0.15, 0.2) is 29.2 Å². The zero-order valence-electron chi connectivity index (χ0n) is 16.6. The maximum atomic E-state index is 12.9. The third-order valence-corrected chi connectivity index (χ3v) is 7.82. The second kappa shape index (κ2) is 9.41. The maximum absolute atomic E-state index is 12.9. The third kappa shape index (κ3) is 5.26. The fraction of sp³-hybridized carbons (Fsp3) is 0.700. The van der Waals surface area contributed by atoms with Gasteiger partial charge in [0.15, 0.2) is 0 Å². The molecule has 6 nitrogen and oxygen atoms in total. The van der Waals surface area contributed by atoms with E-state index in [1.807, 2.05) is 13.8 Å². The molecule has 2 aliphatic rings. The van der Waals surface area contributed by atoms with Gasteiger partial charge in [-0.2, -0.15) is 4.31 Å². The van der Waals surface area contributed by atoms with Crippen LogP contribution in [0.5, 0.6) is 0 Å². The van der Waals surface area contributed by atoms with Gasteiger partial charge in [-0.05, 0) is 45.2 Å². The first-order chi connectivity index (χ1) is 13.3. The first kappa shape index (κ1) is 22.0. The molecule has 2 fully saturated rings. The molecule has 1 atom stereocenters. The average molecular weight is 432 g/mol. The SMILES string of the molecule is CC(C)OCCOC1CCOC2(CCN(S(=O)(=O)c3ccccc3Cl)CC2)C1. The molecule has 0 N–H and O–H groups in total. The predicted octanol–water partition coefficient (Wildman–Crippen LogP) is 3.48. The van der Waals surface area contributed by atoms with Crippen molar-refractivity contribution in [2.45, 2.75) is 62.2 Å². The number of sulfonamides is 1. The number of piperidine rings is 1. The van der Waals surface area contributed by atoms with Gasteiger partial charge in [-0.15, -0.1) is 0 Å². The fourth-order valence-electron chi connectivity index (χ4n) is 3.90. The van der Waals surface area contributed by atoms with Gasteiger partial charge < -0.3 is 14.2 Å². The van der Waals surface area contributed by atoms with Crippen molar-refractivity contribution in [1.29, 1.82) is 0 Å². The highest BCUT2D eigenvalue weighted by Crippen LogP contribution is 2.38. The predicted molar refractivity (Wildman–Crippen MR) is 108 cm³/mol. The lowest BCUT2D eigenvalue weighted by molar-refractivity contribution is -0.154. The van der Waals surface area contributed by atoms with Crippen LogP contribution in [0.25, 0.3) is 0 Å². The van der Waals surface area contributed by atoms with Crippen LogP contribution in [0.2, 0.25) is 5.02 Å². The lowest BCUT2D eigenvalue weighted by Crippen LogP contribution is -2.52. The van der Waals surface area contributed by atoms with E-state index in [0.29, 0.717) is 45.8 Å². The van der Waals surface area contributed by atoms with E-state index in [9.17, 15) is 8.42 Å². The van der Waals surface area contributed by atoms with Crippen molar-refractivity contribution >= 4 is 21.6 Å². The summed E-state index contributed by atoms with van der Waals surface area (Å²) in [6.07, 6.45) is 3.34. The number of hydrogen-bond donors (Lipinski definition) is 0. The van der Waals surface area contributed by atoms with Crippen LogP contribution in [-0.2, 0) is 24.2 Å². The Morgan fingerprint density at radius 2 is 1.96 bits per heavy atom. The average Bonchev–Trinajstić information content (AvgIpc) is 2.66. The quantitative estimate of drug-likeness (QED) is 0.618. The van der Waals surface area contributed by atoms with Gasteiger partial charge in [-0.25, -0.2) is 8.42 Å². The molecule has 28 heavy (non-hydrogen) atoms. The molecule has 0 saturated carbocycles. The topological polar surface area (TPSA) is 65.1 Å². The van der Waals surface area contributed by atoms with Crippen LogP contribution in [0, 0.1) is 0 Å². The molecule has 0 aliphatic carbocycles. The fourth-order valence-corrected chi connectivity index (χ4v) is 5.83. The Morgan fingerprint density at radius 1 is 1.25 bits per heavy atom. The first-order valence-electron chi connectivity index (χ1n) is 9.94. The van der Waals surface area contributed by atoms with Gasteiger partial charge in [0.1, 0.15) is 4.90 Å². The molecular weight excluding hydrogens is 402 g/mol. The molecule has 1 aromatic rings. The van der Waals surface area contributed by atoms with Crippen molar-refractivity contribution in [1.82, 2.24) is 4.31 Å². The van der Waals surface area contributed by atoms with Gasteiger partial charge in [0.05, 0.1) is 36.0 Å². The van der Waals surface area contributed by atoms with Gasteiger partial charge >= 0.3 is 0 Å². The summed E-state index contributed by atoms with van der Waals surface area (Å²) in [7, 11) is -3.59. The summed E-state index contributed by atoms with van der Waals surface area (Å²) in [6, 6.07) is 6.59. The van der Waals surface area contributed by atoms with Gasteiger partial charge in [-0.3, -0.25) is 0 Å². The van der Waals surface area contributed by atoms with Gasteiger partial charge in [0, 0.05) is 26.1 Å². The zero-order valence-corrected chi connectivity index (χ0v) is 18.2. The maximum Gasteiger partial charge on any atom is 0.244 e. The van der Waals surface area contributed by atoms with E-state index < -0.39 is 10.0 Å². The number of rotatable bonds is 7. The number of benzene rings is 1. The molecule has 0 radical (unpaired) electrons. The van der Waals surface area contributed by atoms with E-state index in [-0.39, 0.29) is 27.7 Å². The molecule has 1 spiro atoms. The molecule has 2 saturated heterocycles. The Hall–Kier alpha value is -0.700. The molecule has 2 aliphatic heterocycles. The van der Waals surface area contributed by atoms with Crippen molar-refractivity contribution in [3.8, 4) is 0 Å². The summed E-state index contributed by atoms with van der Waals surface area (Å²) in [5, 5.41) is 0.258. The smallest absolute Gasteiger partial charge is 0.244 e. The summed E-state index contributed by atoms with van der Waals surface area (Å²) < 4.78 is 45.0. The van der Waals surface area contributed by atoms with Crippen LogP contribution >= 0.6 is 11.6 Å². The van der Waals surface area contributed by atoms with E-state index in [2.05, 4.69) is 0 Å². The Kier molecular flexibility index (Phi) is 7.39. The monoisotopic (exact) mass is 431 g/mol. The summed E-state index contributed by atoms with van der Waals surface area (Å²) in [5.41, 5.74) is -0.297. The van der Waals surface area contributed by atoms with Gasteiger partial charge in [-0.1, -0.05) is 23.7 Å². The lowest BCUT2D eigenvalue weighted by atomic mass is 9.84. The van der Waals surface area contributed by atoms with E-state index in [4.69, 9.17) is 25.8 Å². The van der Waals surface area contributed by atoms with Crippen molar-refractivity contribution in [3.05, 3.63) is 29.3 Å². The van der Waals surface area contributed by atoms with Gasteiger partial charge in [0.25, 0.3) is 0 Å². The highest BCUT2D eigenvalue weighted by atomic mass is 35.5. The third-order valence-electron chi connectivity index (χ3n) is 5.42. The second-order valence-electron chi connectivity index (χ2n) is 7.77. The lowest BCUT2D eigenvalue weighted by Gasteiger charge is -2.45. The van der Waals surface area contributed by atoms with Crippen LogP contribution in [0.3, 0.4) is 0 Å². The molecule has 3 rings (SSSR count). The Balaban J connectivity index is 1.56. The largest absolute Gasteiger partial charge is 0.376 e. The van der Waals surface area contributed by atoms with Crippen LogP contribution in [-0.4, -0.2) is 63.4 Å². The highest BCUT2D eigenvalue weighted by molar-refractivity contribution is 7.89. The number of hydrogen-bond acceptors (Lipinski definition) is 5. The Labute approximate surface area is 173 Å². The normalized spacial score (nSPS) is 23.4. The molecule has 0 amide bonds. The minimum atomic E-state index is -3.59. The summed E-state index contributed by atoms with van der Waals surface area (Å²) in [4.78, 5) is 0.170. The molecule has 0 aromatic heterocycles. The van der Waals surface area contributed by atoms with E-state index in [1.54, 1.807) is 24.3 Å². The standard InChI is InChI=1S/C20H30ClNO5S/c1-16(2)25-13-14-26-17-7-12-27-20(15-17)8-10-22(11-9-20)28(23,24)19-6-4-3-5-18(19)21/h3-6,16-17H,7-15H2,1-2H3. The Bertz CT molecular complexity index is 747. The summed E-state index contributed by atoms with van der Waals surface area (Å²) >= 11 is 6.11. The van der Waals surface area contributed by atoms with Crippen molar-refractivity contribution in [2.75, 3.05) is 32.9 Å². The van der Waals surface area contributed by atoms with E-state index in [0.717, 1.165) is 12.8 Å². The number of nitrogens with zero attached hydrogens (tertiary/aromatic N) is 1. The molecule has 158 valence electrons. The van der Waals surface area contributed by atoms with Crippen molar-refractivity contribution < 1.29 is 22.6 Å². The summed E-state index contributed by atoms with van der Waals surface area (Å²) in [6.45, 7) is 6.68.